The number of nitrogens with zero attached hydrogens (tertiary/aromatic N) is 5. The second-order valence-electron chi connectivity index (χ2n) is 15.1. The molecule has 0 saturated heterocycles. The van der Waals surface area contributed by atoms with E-state index in [0.717, 1.165) is 62.3 Å². The molecule has 0 amide bonds. The lowest BCUT2D eigenvalue weighted by molar-refractivity contribution is 0.0867. The zero-order valence-corrected chi connectivity index (χ0v) is 37.2. The SMILES string of the molecule is COc1ccc(N2C(c3ccc(Cl)cc3)=NOC2c2ccc(OCCN(CCOc3ccc(C4ON=C(c5ccc(Cl)cc5)N4c4ccc(OC)cc4)cc3)c3ccccc3)cc2)cc1. The minimum absolute atomic E-state index is 0.455. The summed E-state index contributed by atoms with van der Waals surface area (Å²) in [7, 11) is 3.30. The molecule has 2 atom stereocenters. The Balaban J connectivity index is 0.825. The van der Waals surface area contributed by atoms with E-state index in [9.17, 15) is 0 Å². The molecular weight excluding hydrogens is 862 g/mol. The molecule has 0 radical (unpaired) electrons. The molecule has 328 valence electrons. The first-order valence-corrected chi connectivity index (χ1v) is 21.8. The van der Waals surface area contributed by atoms with Gasteiger partial charge in [0.2, 0.25) is 12.5 Å². The summed E-state index contributed by atoms with van der Waals surface area (Å²) in [6.07, 6.45) is -1.00. The van der Waals surface area contributed by atoms with Gasteiger partial charge in [-0.25, -0.2) is 0 Å². The van der Waals surface area contributed by atoms with Gasteiger partial charge in [0.25, 0.3) is 0 Å². The number of amidine groups is 2. The molecule has 0 bridgehead atoms. The molecule has 2 heterocycles. The lowest BCUT2D eigenvalue weighted by Crippen LogP contribution is -2.32. The van der Waals surface area contributed by atoms with Crippen LogP contribution in [0.3, 0.4) is 0 Å². The van der Waals surface area contributed by atoms with Crippen molar-refractivity contribution < 1.29 is 28.6 Å². The third-order valence-electron chi connectivity index (χ3n) is 11.0. The van der Waals surface area contributed by atoms with Crippen LogP contribution >= 0.6 is 23.2 Å². The Labute approximate surface area is 388 Å². The van der Waals surface area contributed by atoms with E-state index in [-0.39, 0.29) is 0 Å². The Morgan fingerprint density at radius 3 is 1.25 bits per heavy atom. The third-order valence-corrected chi connectivity index (χ3v) is 11.5. The summed E-state index contributed by atoms with van der Waals surface area (Å²) in [5.74, 6) is 4.36. The largest absolute Gasteiger partial charge is 0.497 e. The number of halogens is 2. The van der Waals surface area contributed by atoms with E-state index in [2.05, 4.69) is 37.1 Å². The highest BCUT2D eigenvalue weighted by Crippen LogP contribution is 2.38. The first-order chi connectivity index (χ1) is 31.9. The lowest BCUT2D eigenvalue weighted by atomic mass is 10.1. The van der Waals surface area contributed by atoms with E-state index in [1.807, 2.05) is 164 Å². The zero-order chi connectivity index (χ0) is 44.5. The van der Waals surface area contributed by atoms with E-state index in [1.165, 1.54) is 0 Å². The van der Waals surface area contributed by atoms with Crippen molar-refractivity contribution in [2.45, 2.75) is 12.5 Å². The molecule has 2 unspecified atom stereocenters. The molecule has 2 aliphatic rings. The average molecular weight is 907 g/mol. The summed E-state index contributed by atoms with van der Waals surface area (Å²) in [5, 5.41) is 10.3. The lowest BCUT2D eigenvalue weighted by Gasteiger charge is -2.26. The van der Waals surface area contributed by atoms with Gasteiger partial charge in [-0.05, 0) is 158 Å². The van der Waals surface area contributed by atoms with Gasteiger partial charge < -0.3 is 33.5 Å². The molecule has 0 N–H and O–H groups in total. The number of oxime groups is 2. The van der Waals surface area contributed by atoms with Gasteiger partial charge in [-0.2, -0.15) is 0 Å². The molecule has 7 aromatic rings. The van der Waals surface area contributed by atoms with Gasteiger partial charge in [0.15, 0.2) is 11.7 Å². The van der Waals surface area contributed by atoms with Gasteiger partial charge >= 0.3 is 0 Å². The van der Waals surface area contributed by atoms with Gasteiger partial charge in [-0.3, -0.25) is 9.80 Å². The summed E-state index contributed by atoms with van der Waals surface area (Å²) < 4.78 is 23.4. The van der Waals surface area contributed by atoms with Crippen molar-refractivity contribution >= 4 is 51.9 Å². The fourth-order valence-electron chi connectivity index (χ4n) is 7.62. The quantitative estimate of drug-likeness (QED) is 0.0886. The number of para-hydroxylation sites is 1. The summed E-state index contributed by atoms with van der Waals surface area (Å²) in [6, 6.07) is 56.9. The number of methoxy groups -OCH3 is 2. The topological polar surface area (TPSA) is 89.8 Å². The van der Waals surface area contributed by atoms with Crippen LogP contribution < -0.4 is 33.6 Å². The fourth-order valence-corrected chi connectivity index (χ4v) is 7.87. The molecule has 13 heteroatoms. The Kier molecular flexibility index (Phi) is 13.2. The van der Waals surface area contributed by atoms with Crippen LogP contribution in [0.15, 0.2) is 186 Å². The molecule has 0 spiro atoms. The van der Waals surface area contributed by atoms with Crippen molar-refractivity contribution in [1.29, 1.82) is 0 Å². The maximum Gasteiger partial charge on any atom is 0.231 e. The third kappa shape index (κ3) is 9.92. The molecule has 0 fully saturated rings. The molecule has 0 aliphatic carbocycles. The van der Waals surface area contributed by atoms with Gasteiger partial charge in [0, 0.05) is 49.4 Å². The van der Waals surface area contributed by atoms with Crippen molar-refractivity contribution in [3.05, 3.63) is 208 Å². The van der Waals surface area contributed by atoms with Crippen LogP contribution in [0.25, 0.3) is 0 Å². The number of benzene rings is 7. The highest BCUT2D eigenvalue weighted by molar-refractivity contribution is 6.31. The molecule has 2 aliphatic heterocycles. The number of hydrogen-bond donors (Lipinski definition) is 0. The van der Waals surface area contributed by atoms with Crippen molar-refractivity contribution in [2.75, 3.05) is 55.2 Å². The molecule has 7 aromatic carbocycles. The molecule has 0 saturated carbocycles. The summed E-state index contributed by atoms with van der Waals surface area (Å²) in [4.78, 5) is 18.5. The Bertz CT molecular complexity index is 2540. The summed E-state index contributed by atoms with van der Waals surface area (Å²) >= 11 is 12.4. The predicted molar refractivity (Wildman–Crippen MR) is 257 cm³/mol. The molecule has 65 heavy (non-hydrogen) atoms. The van der Waals surface area contributed by atoms with E-state index in [1.54, 1.807) is 14.2 Å². The van der Waals surface area contributed by atoms with Crippen LogP contribution in [0.5, 0.6) is 23.0 Å². The van der Waals surface area contributed by atoms with E-state index in [4.69, 9.17) is 51.8 Å². The Morgan fingerprint density at radius 2 is 0.862 bits per heavy atom. The second-order valence-corrected chi connectivity index (χ2v) is 15.9. The summed E-state index contributed by atoms with van der Waals surface area (Å²) in [6.45, 7) is 2.19. The monoisotopic (exact) mass is 905 g/mol. The zero-order valence-electron chi connectivity index (χ0n) is 35.7. The maximum atomic E-state index is 6.30. The molecular formula is C52H45Cl2N5O6. The minimum atomic E-state index is -0.500. The predicted octanol–water partition coefficient (Wildman–Crippen LogP) is 11.8. The highest BCUT2D eigenvalue weighted by Gasteiger charge is 2.35. The van der Waals surface area contributed by atoms with Crippen molar-refractivity contribution in [3.63, 3.8) is 0 Å². The van der Waals surface area contributed by atoms with Crippen LogP contribution in [0, 0.1) is 0 Å². The Hall–Kier alpha value is -7.34. The van der Waals surface area contributed by atoms with Gasteiger partial charge in [-0.15, -0.1) is 0 Å². The Morgan fingerprint density at radius 1 is 0.477 bits per heavy atom. The smallest absolute Gasteiger partial charge is 0.231 e. The maximum absolute atomic E-state index is 6.30. The molecule has 11 nitrogen and oxygen atoms in total. The number of ether oxygens (including phenoxy) is 4. The summed E-state index contributed by atoms with van der Waals surface area (Å²) in [5.41, 5.74) is 6.47. The minimum Gasteiger partial charge on any atom is -0.497 e. The van der Waals surface area contributed by atoms with Crippen LogP contribution in [-0.2, 0) is 9.68 Å². The molecule has 9 rings (SSSR count). The average Bonchev–Trinajstić information content (AvgIpc) is 4.01. The van der Waals surface area contributed by atoms with Crippen LogP contribution in [-0.4, -0.2) is 52.2 Å². The highest BCUT2D eigenvalue weighted by atomic mass is 35.5. The second kappa shape index (κ2) is 20.0. The number of anilines is 3. The standard InChI is InChI=1S/C52H45Cl2N5O6/c1-60-45-28-20-43(21-29-45)58-49(36-8-16-40(53)17-9-36)55-64-51(58)38-12-24-47(25-13-38)62-34-32-57(42-6-4-3-5-7-42)33-35-63-48-26-14-39(15-27-48)52-59(44-22-30-46(61-2)31-23-44)50(56-65-52)37-10-18-41(54)19-11-37/h3-31,51-52H,32-35H2,1-2H3. The van der Waals surface area contributed by atoms with Gasteiger partial charge in [0.1, 0.15) is 36.2 Å². The molecule has 0 aromatic heterocycles. The van der Waals surface area contributed by atoms with Gasteiger partial charge in [-0.1, -0.05) is 51.7 Å². The van der Waals surface area contributed by atoms with E-state index < -0.39 is 12.5 Å². The van der Waals surface area contributed by atoms with E-state index >= 15 is 0 Å². The van der Waals surface area contributed by atoms with Gasteiger partial charge in [0.05, 0.1) is 27.3 Å². The van der Waals surface area contributed by atoms with Crippen LogP contribution in [0.2, 0.25) is 10.0 Å². The normalized spacial score (nSPS) is 15.4. The first-order valence-electron chi connectivity index (χ1n) is 21.1. The fraction of sp³-hybridized carbons (Fsp3) is 0.154. The van der Waals surface area contributed by atoms with Crippen molar-refractivity contribution in [1.82, 2.24) is 0 Å². The number of hydrogen-bond acceptors (Lipinski definition) is 11. The van der Waals surface area contributed by atoms with Crippen LogP contribution in [0.1, 0.15) is 34.7 Å². The number of rotatable bonds is 17. The first kappa shape index (κ1) is 42.9. The van der Waals surface area contributed by atoms with E-state index in [0.29, 0.717) is 48.0 Å². The van der Waals surface area contributed by atoms with Crippen molar-refractivity contribution in [3.8, 4) is 23.0 Å². The van der Waals surface area contributed by atoms with Crippen molar-refractivity contribution in [2.24, 2.45) is 10.3 Å². The van der Waals surface area contributed by atoms with Crippen LogP contribution in [0.4, 0.5) is 17.1 Å².